The number of hydrogen-bond donors (Lipinski definition) is 1. The number of carbonyl (C=O) groups is 2. The van der Waals surface area contributed by atoms with Gasteiger partial charge in [0.2, 0.25) is 0 Å². The Morgan fingerprint density at radius 2 is 1.96 bits per heavy atom. The van der Waals surface area contributed by atoms with Crippen LogP contribution in [0.1, 0.15) is 18.3 Å². The lowest BCUT2D eigenvalue weighted by Crippen LogP contribution is -2.23. The van der Waals surface area contributed by atoms with E-state index in [9.17, 15) is 9.59 Å². The molecular formula is C20H20ClN3O3. The van der Waals surface area contributed by atoms with Gasteiger partial charge >= 0.3 is 5.97 Å². The zero-order valence-corrected chi connectivity index (χ0v) is 15.9. The van der Waals surface area contributed by atoms with Gasteiger partial charge in [0.25, 0.3) is 5.91 Å². The molecule has 1 amide bonds. The molecule has 1 heterocycles. The van der Waals surface area contributed by atoms with E-state index < -0.39 is 11.9 Å². The Labute approximate surface area is 162 Å². The number of para-hydroxylation sites is 2. The molecule has 1 aromatic heterocycles. The van der Waals surface area contributed by atoms with Crippen molar-refractivity contribution in [1.82, 2.24) is 9.55 Å². The van der Waals surface area contributed by atoms with Crippen LogP contribution in [0.2, 0.25) is 5.02 Å². The minimum atomic E-state index is -0.495. The summed E-state index contributed by atoms with van der Waals surface area (Å²) in [5.41, 5.74) is 3.05. The van der Waals surface area contributed by atoms with E-state index in [2.05, 4.69) is 10.3 Å². The van der Waals surface area contributed by atoms with Crippen LogP contribution in [-0.2, 0) is 27.3 Å². The molecule has 0 bridgehead atoms. The lowest BCUT2D eigenvalue weighted by molar-refractivity contribution is -0.147. The van der Waals surface area contributed by atoms with Gasteiger partial charge in [-0.2, -0.15) is 0 Å². The van der Waals surface area contributed by atoms with Crippen LogP contribution in [-0.4, -0.2) is 28.0 Å². The van der Waals surface area contributed by atoms with Crippen molar-refractivity contribution in [2.24, 2.45) is 0 Å². The van der Waals surface area contributed by atoms with Gasteiger partial charge in [-0.15, -0.1) is 0 Å². The summed E-state index contributed by atoms with van der Waals surface area (Å²) in [6.45, 7) is 3.43. The largest absolute Gasteiger partial charge is 0.454 e. The number of carbonyl (C=O) groups excluding carboxylic acids is 2. The summed E-state index contributed by atoms with van der Waals surface area (Å²) in [5.74, 6) is -0.113. The van der Waals surface area contributed by atoms with Gasteiger partial charge in [0.1, 0.15) is 12.4 Å². The fourth-order valence-corrected chi connectivity index (χ4v) is 3.00. The first-order chi connectivity index (χ1) is 13.0. The molecule has 27 heavy (non-hydrogen) atoms. The van der Waals surface area contributed by atoms with Crippen LogP contribution in [0, 0.1) is 6.92 Å². The van der Waals surface area contributed by atoms with Crippen LogP contribution in [0.4, 0.5) is 5.69 Å². The second-order valence-corrected chi connectivity index (χ2v) is 6.48. The highest BCUT2D eigenvalue weighted by Crippen LogP contribution is 2.22. The summed E-state index contributed by atoms with van der Waals surface area (Å²) in [6, 6.07) is 12.8. The second-order valence-electron chi connectivity index (χ2n) is 6.08. The van der Waals surface area contributed by atoms with Gasteiger partial charge in [0, 0.05) is 17.1 Å². The van der Waals surface area contributed by atoms with E-state index in [-0.39, 0.29) is 13.2 Å². The zero-order chi connectivity index (χ0) is 19.4. The van der Waals surface area contributed by atoms with Crippen LogP contribution in [0.25, 0.3) is 11.0 Å². The maximum atomic E-state index is 12.2. The van der Waals surface area contributed by atoms with Gasteiger partial charge in [-0.1, -0.05) is 36.7 Å². The van der Waals surface area contributed by atoms with Gasteiger partial charge in [0.15, 0.2) is 6.61 Å². The number of hydrogen-bond acceptors (Lipinski definition) is 4. The highest BCUT2D eigenvalue weighted by atomic mass is 35.5. The predicted molar refractivity (Wildman–Crippen MR) is 105 cm³/mol. The van der Waals surface area contributed by atoms with E-state index >= 15 is 0 Å². The summed E-state index contributed by atoms with van der Waals surface area (Å²) in [4.78, 5) is 28.8. The Balaban J connectivity index is 1.62. The molecule has 7 heteroatoms. The number of imidazole rings is 1. The molecule has 0 unspecified atom stereocenters. The highest BCUT2D eigenvalue weighted by molar-refractivity contribution is 6.31. The summed E-state index contributed by atoms with van der Waals surface area (Å²) in [6.07, 6.45) is 0.691. The second kappa shape index (κ2) is 8.22. The Morgan fingerprint density at radius 1 is 1.19 bits per heavy atom. The van der Waals surface area contributed by atoms with Crippen molar-refractivity contribution in [3.8, 4) is 0 Å². The first-order valence-electron chi connectivity index (χ1n) is 8.64. The van der Waals surface area contributed by atoms with Crippen LogP contribution in [0.15, 0.2) is 42.5 Å². The molecule has 3 aromatic rings. The SMILES string of the molecule is CCc1nc2ccccc2n1CC(=O)OCC(=O)Nc1cccc(Cl)c1C. The molecule has 3 rings (SSSR count). The third-order valence-corrected chi connectivity index (χ3v) is 4.65. The molecule has 0 saturated carbocycles. The average molecular weight is 386 g/mol. The number of aromatic nitrogens is 2. The monoisotopic (exact) mass is 385 g/mol. The number of nitrogens with one attached hydrogen (secondary N) is 1. The smallest absolute Gasteiger partial charge is 0.326 e. The minimum absolute atomic E-state index is 0.00710. The number of halogens is 1. The Bertz CT molecular complexity index is 997. The molecule has 1 N–H and O–H groups in total. The van der Waals surface area contributed by atoms with Crippen molar-refractivity contribution >= 4 is 40.2 Å². The molecule has 0 saturated heterocycles. The Kier molecular flexibility index (Phi) is 5.76. The number of esters is 1. The number of rotatable bonds is 6. The van der Waals surface area contributed by atoms with Gasteiger partial charge in [-0.25, -0.2) is 4.98 Å². The van der Waals surface area contributed by atoms with Gasteiger partial charge in [-0.3, -0.25) is 9.59 Å². The van der Waals surface area contributed by atoms with Crippen LogP contribution >= 0.6 is 11.6 Å². The third-order valence-electron chi connectivity index (χ3n) is 4.24. The highest BCUT2D eigenvalue weighted by Gasteiger charge is 2.15. The molecule has 0 aliphatic carbocycles. The number of anilines is 1. The average Bonchev–Trinajstić information content (AvgIpc) is 3.01. The Morgan fingerprint density at radius 3 is 2.74 bits per heavy atom. The lowest BCUT2D eigenvalue weighted by atomic mass is 10.2. The van der Waals surface area contributed by atoms with E-state index in [4.69, 9.17) is 16.3 Å². The van der Waals surface area contributed by atoms with Crippen molar-refractivity contribution < 1.29 is 14.3 Å². The van der Waals surface area contributed by atoms with Crippen molar-refractivity contribution in [2.45, 2.75) is 26.8 Å². The molecule has 2 aromatic carbocycles. The van der Waals surface area contributed by atoms with E-state index in [1.807, 2.05) is 35.8 Å². The first kappa shape index (κ1) is 18.9. The van der Waals surface area contributed by atoms with Gasteiger partial charge < -0.3 is 14.6 Å². The summed E-state index contributed by atoms with van der Waals surface area (Å²) in [7, 11) is 0. The number of ether oxygens (including phenoxy) is 1. The van der Waals surface area contributed by atoms with Crippen LogP contribution < -0.4 is 5.32 Å². The van der Waals surface area contributed by atoms with Crippen LogP contribution in [0.3, 0.4) is 0 Å². The summed E-state index contributed by atoms with van der Waals surface area (Å²) in [5, 5.41) is 3.26. The fourth-order valence-electron chi connectivity index (χ4n) is 2.82. The molecule has 0 aliphatic rings. The van der Waals surface area contributed by atoms with Crippen molar-refractivity contribution in [3.63, 3.8) is 0 Å². The number of fused-ring (bicyclic) bond motifs is 1. The molecule has 0 radical (unpaired) electrons. The van der Waals surface area contributed by atoms with E-state index in [0.29, 0.717) is 17.1 Å². The standard InChI is InChI=1S/C20H20ClN3O3/c1-3-18-22-16-8-4-5-10-17(16)24(18)11-20(26)27-12-19(25)23-15-9-6-7-14(21)13(15)2/h4-10H,3,11-12H2,1-2H3,(H,23,25). The summed E-state index contributed by atoms with van der Waals surface area (Å²) < 4.78 is 6.95. The lowest BCUT2D eigenvalue weighted by Gasteiger charge is -2.11. The van der Waals surface area contributed by atoms with Gasteiger partial charge in [0.05, 0.1) is 11.0 Å². The molecule has 0 spiro atoms. The van der Waals surface area contributed by atoms with Crippen molar-refractivity contribution in [3.05, 3.63) is 58.9 Å². The third kappa shape index (κ3) is 4.28. The molecule has 0 aliphatic heterocycles. The maximum Gasteiger partial charge on any atom is 0.326 e. The molecule has 140 valence electrons. The molecular weight excluding hydrogens is 366 g/mol. The van der Waals surface area contributed by atoms with E-state index in [1.54, 1.807) is 25.1 Å². The minimum Gasteiger partial charge on any atom is -0.454 e. The molecule has 0 fully saturated rings. The quantitative estimate of drug-likeness (QED) is 0.656. The predicted octanol–water partition coefficient (Wildman–Crippen LogP) is 3.74. The number of benzene rings is 2. The zero-order valence-electron chi connectivity index (χ0n) is 15.2. The fraction of sp³-hybridized carbons (Fsp3) is 0.250. The van der Waals surface area contributed by atoms with Crippen LogP contribution in [0.5, 0.6) is 0 Å². The number of nitrogens with zero attached hydrogens (tertiary/aromatic N) is 2. The van der Waals surface area contributed by atoms with Crippen molar-refractivity contribution in [2.75, 3.05) is 11.9 Å². The molecule has 0 atom stereocenters. The Hall–Kier alpha value is -2.86. The first-order valence-corrected chi connectivity index (χ1v) is 9.02. The summed E-state index contributed by atoms with van der Waals surface area (Å²) >= 11 is 6.04. The maximum absolute atomic E-state index is 12.2. The number of aryl methyl sites for hydroxylation is 1. The van der Waals surface area contributed by atoms with E-state index in [0.717, 1.165) is 22.4 Å². The normalized spacial score (nSPS) is 10.8. The molecule has 6 nitrogen and oxygen atoms in total. The number of amides is 1. The van der Waals surface area contributed by atoms with Crippen molar-refractivity contribution in [1.29, 1.82) is 0 Å². The van der Waals surface area contributed by atoms with Gasteiger partial charge in [-0.05, 0) is 36.8 Å². The van der Waals surface area contributed by atoms with E-state index in [1.165, 1.54) is 0 Å². The topological polar surface area (TPSA) is 73.2 Å².